The molecule has 2 heteroatoms. The Morgan fingerprint density at radius 1 is 1.17 bits per heavy atom. The smallest absolute Gasteiger partial charge is 0.0239 e. The molecule has 0 spiro atoms. The Labute approximate surface area is 111 Å². The summed E-state index contributed by atoms with van der Waals surface area (Å²) in [5, 5.41) is 3.51. The second-order valence-electron chi connectivity index (χ2n) is 6.07. The lowest BCUT2D eigenvalue weighted by molar-refractivity contribution is 0.0925. The third-order valence-electron chi connectivity index (χ3n) is 4.05. The van der Waals surface area contributed by atoms with E-state index in [1.54, 1.807) is 0 Å². The summed E-state index contributed by atoms with van der Waals surface area (Å²) in [7, 11) is 0. The number of hydrogen-bond donors (Lipinski definition) is 1. The van der Waals surface area contributed by atoms with Crippen LogP contribution in [0.3, 0.4) is 0 Å². The summed E-state index contributed by atoms with van der Waals surface area (Å²) >= 11 is 0. The molecule has 1 aromatic carbocycles. The molecular weight excluding hydrogens is 220 g/mol. The van der Waals surface area contributed by atoms with Gasteiger partial charge in [-0.05, 0) is 52.3 Å². The average molecular weight is 246 g/mol. The summed E-state index contributed by atoms with van der Waals surface area (Å²) in [4.78, 5) is 2.64. The Balaban J connectivity index is 2.06. The first-order valence-corrected chi connectivity index (χ1v) is 7.09. The lowest BCUT2D eigenvalue weighted by Crippen LogP contribution is -2.48. The molecule has 1 N–H and O–H groups in total. The van der Waals surface area contributed by atoms with Crippen molar-refractivity contribution < 1.29 is 0 Å². The van der Waals surface area contributed by atoms with Gasteiger partial charge in [0.05, 0.1) is 0 Å². The molecule has 0 saturated carbocycles. The number of hydrogen-bond acceptors (Lipinski definition) is 2. The lowest BCUT2D eigenvalue weighted by atomic mass is 9.95. The van der Waals surface area contributed by atoms with E-state index in [0.717, 1.165) is 19.6 Å². The molecule has 18 heavy (non-hydrogen) atoms. The lowest BCUT2D eigenvalue weighted by Gasteiger charge is -2.40. The summed E-state index contributed by atoms with van der Waals surface area (Å²) in [6.07, 6.45) is 2.47. The largest absolute Gasteiger partial charge is 0.317 e. The van der Waals surface area contributed by atoms with E-state index < -0.39 is 0 Å². The minimum Gasteiger partial charge on any atom is -0.317 e. The molecule has 1 aromatic rings. The van der Waals surface area contributed by atoms with Crippen LogP contribution in [0.25, 0.3) is 0 Å². The van der Waals surface area contributed by atoms with Gasteiger partial charge in [0.15, 0.2) is 0 Å². The fourth-order valence-corrected chi connectivity index (χ4v) is 2.58. The van der Waals surface area contributed by atoms with E-state index in [1.807, 2.05) is 0 Å². The zero-order valence-corrected chi connectivity index (χ0v) is 12.0. The first kappa shape index (κ1) is 13.6. The van der Waals surface area contributed by atoms with Crippen molar-refractivity contribution in [1.29, 1.82) is 0 Å². The number of nitrogens with zero attached hydrogens (tertiary/aromatic N) is 1. The Morgan fingerprint density at radius 3 is 2.61 bits per heavy atom. The molecule has 0 atom stereocenters. The van der Waals surface area contributed by atoms with Gasteiger partial charge in [-0.25, -0.2) is 0 Å². The minimum atomic E-state index is 0.290. The van der Waals surface area contributed by atoms with E-state index in [-0.39, 0.29) is 5.54 Å². The molecule has 0 amide bonds. The van der Waals surface area contributed by atoms with Crippen LogP contribution in [0.4, 0.5) is 0 Å². The van der Waals surface area contributed by atoms with Crippen molar-refractivity contribution in [3.63, 3.8) is 0 Å². The first-order chi connectivity index (χ1) is 8.58. The van der Waals surface area contributed by atoms with E-state index in [2.05, 4.69) is 55.3 Å². The maximum absolute atomic E-state index is 3.51. The number of aryl methyl sites for hydroxylation is 1. The highest BCUT2D eigenvalue weighted by Crippen LogP contribution is 2.22. The molecule has 1 fully saturated rings. The van der Waals surface area contributed by atoms with Crippen molar-refractivity contribution in [2.24, 2.45) is 0 Å². The molecule has 0 aliphatic carbocycles. The van der Waals surface area contributed by atoms with Crippen molar-refractivity contribution in [3.8, 4) is 0 Å². The van der Waals surface area contributed by atoms with Crippen molar-refractivity contribution in [2.45, 2.75) is 45.7 Å². The Bertz CT molecular complexity index is 367. The van der Waals surface area contributed by atoms with Gasteiger partial charge >= 0.3 is 0 Å². The van der Waals surface area contributed by atoms with Gasteiger partial charge < -0.3 is 5.32 Å². The van der Waals surface area contributed by atoms with Gasteiger partial charge in [0.1, 0.15) is 0 Å². The molecule has 0 unspecified atom stereocenters. The summed E-state index contributed by atoms with van der Waals surface area (Å²) in [6, 6.07) is 8.97. The molecule has 0 radical (unpaired) electrons. The third-order valence-corrected chi connectivity index (χ3v) is 4.05. The van der Waals surface area contributed by atoms with Gasteiger partial charge in [-0.2, -0.15) is 0 Å². The van der Waals surface area contributed by atoms with Crippen molar-refractivity contribution in [2.75, 3.05) is 19.6 Å². The molecule has 1 saturated heterocycles. The second-order valence-corrected chi connectivity index (χ2v) is 6.07. The molecule has 0 bridgehead atoms. The molecule has 2 rings (SSSR count). The predicted octanol–water partition coefficient (Wildman–Crippen LogP) is 2.96. The van der Waals surface area contributed by atoms with Crippen molar-refractivity contribution in [3.05, 3.63) is 35.4 Å². The van der Waals surface area contributed by atoms with E-state index in [0.29, 0.717) is 0 Å². The van der Waals surface area contributed by atoms with Crippen LogP contribution in [-0.2, 0) is 6.54 Å². The first-order valence-electron chi connectivity index (χ1n) is 7.09. The number of rotatable bonds is 2. The Morgan fingerprint density at radius 2 is 1.89 bits per heavy atom. The van der Waals surface area contributed by atoms with E-state index in [9.17, 15) is 0 Å². The van der Waals surface area contributed by atoms with Gasteiger partial charge in [-0.1, -0.05) is 29.8 Å². The van der Waals surface area contributed by atoms with Crippen LogP contribution in [0.1, 0.15) is 37.8 Å². The Kier molecular flexibility index (Phi) is 4.41. The third kappa shape index (κ3) is 3.56. The molecule has 1 aliphatic heterocycles. The highest BCUT2D eigenvalue weighted by atomic mass is 15.2. The van der Waals surface area contributed by atoms with Crippen molar-refractivity contribution in [1.82, 2.24) is 10.2 Å². The average Bonchev–Trinajstić information content (AvgIpc) is 2.32. The van der Waals surface area contributed by atoms with Gasteiger partial charge in [-0.3, -0.25) is 4.90 Å². The van der Waals surface area contributed by atoms with Crippen LogP contribution < -0.4 is 5.32 Å². The monoisotopic (exact) mass is 246 g/mol. The topological polar surface area (TPSA) is 15.3 Å². The van der Waals surface area contributed by atoms with Crippen LogP contribution in [-0.4, -0.2) is 30.1 Å². The van der Waals surface area contributed by atoms with Crippen LogP contribution in [0.5, 0.6) is 0 Å². The molecule has 1 aliphatic rings. The van der Waals surface area contributed by atoms with E-state index in [4.69, 9.17) is 0 Å². The maximum Gasteiger partial charge on any atom is 0.0239 e. The SMILES string of the molecule is Cc1ccc(CN2CCCNCCC2(C)C)cc1. The fraction of sp³-hybridized carbons (Fsp3) is 0.625. The minimum absolute atomic E-state index is 0.290. The Hall–Kier alpha value is -0.860. The van der Waals surface area contributed by atoms with Crippen LogP contribution in [0.2, 0.25) is 0 Å². The standard InChI is InChI=1S/C16H26N2/c1-14-5-7-15(8-6-14)13-18-12-4-10-17-11-9-16(18,2)3/h5-8,17H,4,9-13H2,1-3H3. The maximum atomic E-state index is 3.51. The summed E-state index contributed by atoms with van der Waals surface area (Å²) in [5.74, 6) is 0. The highest BCUT2D eigenvalue weighted by molar-refractivity contribution is 5.21. The van der Waals surface area contributed by atoms with Crippen LogP contribution in [0, 0.1) is 6.92 Å². The van der Waals surface area contributed by atoms with Gasteiger partial charge in [-0.15, -0.1) is 0 Å². The number of benzene rings is 1. The zero-order valence-electron chi connectivity index (χ0n) is 12.0. The van der Waals surface area contributed by atoms with Gasteiger partial charge in [0.25, 0.3) is 0 Å². The van der Waals surface area contributed by atoms with Crippen LogP contribution in [0.15, 0.2) is 24.3 Å². The molecule has 1 heterocycles. The zero-order chi connectivity index (χ0) is 13.0. The molecule has 100 valence electrons. The fourth-order valence-electron chi connectivity index (χ4n) is 2.58. The summed E-state index contributed by atoms with van der Waals surface area (Å²) in [6.45, 7) is 11.4. The quantitative estimate of drug-likeness (QED) is 0.863. The van der Waals surface area contributed by atoms with Gasteiger partial charge in [0.2, 0.25) is 0 Å². The molecule has 2 nitrogen and oxygen atoms in total. The predicted molar refractivity (Wildman–Crippen MR) is 77.8 cm³/mol. The van der Waals surface area contributed by atoms with Crippen molar-refractivity contribution >= 4 is 0 Å². The highest BCUT2D eigenvalue weighted by Gasteiger charge is 2.27. The van der Waals surface area contributed by atoms with Crippen LogP contribution >= 0.6 is 0 Å². The number of nitrogens with one attached hydrogen (secondary N) is 1. The van der Waals surface area contributed by atoms with E-state index in [1.165, 1.54) is 30.5 Å². The summed E-state index contributed by atoms with van der Waals surface area (Å²) < 4.78 is 0. The normalized spacial score (nSPS) is 21.3. The second kappa shape index (κ2) is 5.85. The summed E-state index contributed by atoms with van der Waals surface area (Å²) in [5.41, 5.74) is 3.07. The molecular formula is C16H26N2. The van der Waals surface area contributed by atoms with Gasteiger partial charge in [0, 0.05) is 18.6 Å². The van der Waals surface area contributed by atoms with E-state index >= 15 is 0 Å². The molecule has 0 aromatic heterocycles.